The molecule has 0 aliphatic carbocycles. The molecule has 2 aromatic rings. The lowest BCUT2D eigenvalue weighted by Crippen LogP contribution is -2.30. The third-order valence-electron chi connectivity index (χ3n) is 2.19. The van der Waals surface area contributed by atoms with E-state index in [1.54, 1.807) is 0 Å². The van der Waals surface area contributed by atoms with Gasteiger partial charge in [0, 0.05) is 18.0 Å². The minimum absolute atomic E-state index is 0.178. The van der Waals surface area contributed by atoms with Crippen LogP contribution in [0.15, 0.2) is 27.9 Å². The van der Waals surface area contributed by atoms with Gasteiger partial charge in [-0.1, -0.05) is 0 Å². The molecule has 0 aromatic carbocycles. The van der Waals surface area contributed by atoms with Gasteiger partial charge in [0.15, 0.2) is 5.56 Å². The maximum Gasteiger partial charge on any atom is 0.328 e. The fourth-order valence-electron chi connectivity index (χ4n) is 1.40. The molecule has 2 aromatic heterocycles. The van der Waals surface area contributed by atoms with Crippen LogP contribution >= 0.6 is 0 Å². The molecule has 98 valence electrons. The Kier molecular flexibility index (Phi) is 3.02. The highest BCUT2D eigenvalue weighted by atomic mass is 16.3. The number of pyridine rings is 1. The fourth-order valence-corrected chi connectivity index (χ4v) is 1.40. The van der Waals surface area contributed by atoms with Crippen LogP contribution in [-0.2, 0) is 0 Å². The van der Waals surface area contributed by atoms with Gasteiger partial charge < -0.3 is 16.2 Å². The Balaban J connectivity index is 2.36. The maximum absolute atomic E-state index is 11.8. The molecule has 1 amide bonds. The van der Waals surface area contributed by atoms with Gasteiger partial charge >= 0.3 is 5.69 Å². The van der Waals surface area contributed by atoms with Crippen molar-refractivity contribution in [2.24, 2.45) is 0 Å². The van der Waals surface area contributed by atoms with Gasteiger partial charge in [0.1, 0.15) is 5.82 Å². The van der Waals surface area contributed by atoms with E-state index < -0.39 is 28.6 Å². The van der Waals surface area contributed by atoms with Gasteiger partial charge in [0.05, 0.1) is 0 Å². The monoisotopic (exact) mass is 263 g/mol. The molecule has 0 atom stereocenters. The van der Waals surface area contributed by atoms with Crippen LogP contribution in [-0.4, -0.2) is 26.0 Å². The number of carbonyl (C=O) groups excluding carboxylic acids is 1. The van der Waals surface area contributed by atoms with Gasteiger partial charge in [-0.2, -0.15) is 0 Å². The van der Waals surface area contributed by atoms with Crippen molar-refractivity contribution in [1.29, 1.82) is 0 Å². The summed E-state index contributed by atoms with van der Waals surface area (Å²) in [6.45, 7) is 0. The fraction of sp³-hybridized carbons (Fsp3) is 0. The maximum atomic E-state index is 11.8. The van der Waals surface area contributed by atoms with Crippen LogP contribution in [0.5, 0.6) is 5.88 Å². The Morgan fingerprint density at radius 1 is 1.37 bits per heavy atom. The first-order valence-electron chi connectivity index (χ1n) is 5.06. The number of rotatable bonds is 2. The molecule has 0 unspecified atom stereocenters. The van der Waals surface area contributed by atoms with Crippen molar-refractivity contribution in [2.45, 2.75) is 0 Å². The number of aromatic amines is 2. The molecule has 2 heterocycles. The second kappa shape index (κ2) is 4.64. The molecule has 19 heavy (non-hydrogen) atoms. The first kappa shape index (κ1) is 12.4. The van der Waals surface area contributed by atoms with Crippen molar-refractivity contribution in [1.82, 2.24) is 15.0 Å². The van der Waals surface area contributed by atoms with Gasteiger partial charge in [0.2, 0.25) is 5.88 Å². The lowest BCUT2D eigenvalue weighted by atomic mass is 10.3. The number of nitrogens with two attached hydrogens (primary N) is 1. The van der Waals surface area contributed by atoms with Crippen LogP contribution in [0, 0.1) is 0 Å². The summed E-state index contributed by atoms with van der Waals surface area (Å²) in [5.74, 6) is -1.52. The number of nitrogens with one attached hydrogen (secondary N) is 3. The standard InChI is InChI=1S/C10H9N5O4/c11-5-3-4(1-2-12-5)13-7(16)6-8(17)14-10(19)15-9(6)18/h1-3H,(H3,11,12,13,16)(H3,14,15,17,18,19). The third-order valence-corrected chi connectivity index (χ3v) is 2.19. The summed E-state index contributed by atoms with van der Waals surface area (Å²) in [5.41, 5.74) is 3.21. The molecule has 0 saturated carbocycles. The number of aromatic nitrogens is 3. The Morgan fingerprint density at radius 2 is 2.11 bits per heavy atom. The second-order valence-electron chi connectivity index (χ2n) is 3.56. The number of anilines is 2. The highest BCUT2D eigenvalue weighted by Gasteiger charge is 2.17. The van der Waals surface area contributed by atoms with Gasteiger partial charge in [0.25, 0.3) is 11.5 Å². The first-order chi connectivity index (χ1) is 8.97. The summed E-state index contributed by atoms with van der Waals surface area (Å²) in [6.07, 6.45) is 1.36. The molecule has 0 aliphatic rings. The smallest absolute Gasteiger partial charge is 0.328 e. The van der Waals surface area contributed by atoms with Crippen molar-refractivity contribution >= 4 is 17.4 Å². The number of aromatic hydroxyl groups is 1. The molecule has 0 radical (unpaired) electrons. The van der Waals surface area contributed by atoms with E-state index in [4.69, 9.17) is 5.73 Å². The van der Waals surface area contributed by atoms with Crippen LogP contribution in [0.25, 0.3) is 0 Å². The third kappa shape index (κ3) is 2.60. The SMILES string of the molecule is Nc1cc(NC(=O)c2c(O)[nH]c(=O)[nH]c2=O)ccn1. The average molecular weight is 263 g/mol. The topological polar surface area (TPSA) is 154 Å². The van der Waals surface area contributed by atoms with E-state index in [9.17, 15) is 19.5 Å². The highest BCUT2D eigenvalue weighted by Crippen LogP contribution is 2.12. The number of hydrogen-bond acceptors (Lipinski definition) is 6. The summed E-state index contributed by atoms with van der Waals surface area (Å²) in [5, 5.41) is 11.7. The molecular formula is C10H9N5O4. The summed E-state index contributed by atoms with van der Waals surface area (Å²) < 4.78 is 0. The van der Waals surface area contributed by atoms with Gasteiger partial charge in [-0.05, 0) is 6.07 Å². The number of carbonyl (C=O) groups is 1. The molecule has 9 heteroatoms. The molecule has 0 bridgehead atoms. The molecule has 0 fully saturated rings. The van der Waals surface area contributed by atoms with E-state index in [1.807, 2.05) is 9.97 Å². The number of amides is 1. The Hall–Kier alpha value is -3.10. The molecule has 0 saturated heterocycles. The van der Waals surface area contributed by atoms with E-state index in [0.717, 1.165) is 0 Å². The Bertz CT molecular complexity index is 748. The quantitative estimate of drug-likeness (QED) is 0.468. The van der Waals surface area contributed by atoms with Crippen LogP contribution in [0.2, 0.25) is 0 Å². The van der Waals surface area contributed by atoms with Crippen molar-refractivity contribution in [3.05, 3.63) is 44.7 Å². The van der Waals surface area contributed by atoms with Gasteiger partial charge in [-0.25, -0.2) is 9.78 Å². The van der Waals surface area contributed by atoms with E-state index in [-0.39, 0.29) is 5.82 Å². The minimum atomic E-state index is -0.999. The Labute approximate surface area is 105 Å². The first-order valence-corrected chi connectivity index (χ1v) is 5.06. The predicted molar refractivity (Wildman–Crippen MR) is 66.0 cm³/mol. The molecule has 9 nitrogen and oxygen atoms in total. The normalized spacial score (nSPS) is 10.1. The van der Waals surface area contributed by atoms with Crippen LogP contribution in [0.1, 0.15) is 10.4 Å². The van der Waals surface area contributed by atoms with Crippen LogP contribution < -0.4 is 22.3 Å². The number of H-pyrrole nitrogens is 2. The zero-order chi connectivity index (χ0) is 14.0. The molecular weight excluding hydrogens is 254 g/mol. The summed E-state index contributed by atoms with van der Waals surface area (Å²) in [4.78, 5) is 41.6. The van der Waals surface area contributed by atoms with Crippen molar-refractivity contribution < 1.29 is 9.90 Å². The van der Waals surface area contributed by atoms with Crippen LogP contribution in [0.3, 0.4) is 0 Å². The largest absolute Gasteiger partial charge is 0.494 e. The zero-order valence-corrected chi connectivity index (χ0v) is 9.43. The van der Waals surface area contributed by atoms with Crippen molar-refractivity contribution in [2.75, 3.05) is 11.1 Å². The molecule has 0 spiro atoms. The number of nitrogens with zero attached hydrogens (tertiary/aromatic N) is 1. The Morgan fingerprint density at radius 3 is 2.74 bits per heavy atom. The van der Waals surface area contributed by atoms with Gasteiger partial charge in [-0.3, -0.25) is 19.6 Å². The number of nitrogen functional groups attached to an aromatic ring is 1. The van der Waals surface area contributed by atoms with E-state index in [2.05, 4.69) is 10.3 Å². The second-order valence-corrected chi connectivity index (χ2v) is 3.56. The average Bonchev–Trinajstić information content (AvgIpc) is 2.27. The van der Waals surface area contributed by atoms with Crippen LogP contribution in [0.4, 0.5) is 11.5 Å². The predicted octanol–water partition coefficient (Wildman–Crippen LogP) is -1.00. The van der Waals surface area contributed by atoms with Crippen molar-refractivity contribution in [3.8, 4) is 5.88 Å². The lowest BCUT2D eigenvalue weighted by Gasteiger charge is -2.05. The van der Waals surface area contributed by atoms with Crippen molar-refractivity contribution in [3.63, 3.8) is 0 Å². The number of hydrogen-bond donors (Lipinski definition) is 5. The molecule has 0 aliphatic heterocycles. The lowest BCUT2D eigenvalue weighted by molar-refractivity contribution is 0.102. The van der Waals surface area contributed by atoms with E-state index in [1.165, 1.54) is 18.3 Å². The summed E-state index contributed by atoms with van der Waals surface area (Å²) in [6, 6.07) is 2.82. The van der Waals surface area contributed by atoms with Gasteiger partial charge in [-0.15, -0.1) is 0 Å². The zero-order valence-electron chi connectivity index (χ0n) is 9.43. The molecule has 2 rings (SSSR count). The minimum Gasteiger partial charge on any atom is -0.494 e. The van der Waals surface area contributed by atoms with E-state index >= 15 is 0 Å². The summed E-state index contributed by atoms with van der Waals surface area (Å²) >= 11 is 0. The summed E-state index contributed by atoms with van der Waals surface area (Å²) in [7, 11) is 0. The molecule has 6 N–H and O–H groups in total. The highest BCUT2D eigenvalue weighted by molar-refractivity contribution is 6.05. The van der Waals surface area contributed by atoms with E-state index in [0.29, 0.717) is 5.69 Å².